The molecule has 0 radical (unpaired) electrons. The van der Waals surface area contributed by atoms with Gasteiger partial charge in [0.1, 0.15) is 5.75 Å². The van der Waals surface area contributed by atoms with Crippen molar-refractivity contribution in [3.63, 3.8) is 0 Å². The van der Waals surface area contributed by atoms with Gasteiger partial charge in [-0.1, -0.05) is 24.3 Å². The molecule has 0 saturated heterocycles. The molecule has 2 aromatic rings. The highest BCUT2D eigenvalue weighted by Crippen LogP contribution is 2.30. The fourth-order valence-corrected chi connectivity index (χ4v) is 3.10. The molecule has 3 rings (SSSR count). The molecule has 5 nitrogen and oxygen atoms in total. The Morgan fingerprint density at radius 1 is 1.00 bits per heavy atom. The number of benzene rings is 2. The Kier molecular flexibility index (Phi) is 4.82. The molecule has 0 aromatic heterocycles. The lowest BCUT2D eigenvalue weighted by atomic mass is 9.80. The highest BCUT2D eigenvalue weighted by Gasteiger charge is 2.34. The van der Waals surface area contributed by atoms with E-state index >= 15 is 0 Å². The van der Waals surface area contributed by atoms with E-state index in [1.165, 1.54) is 14.0 Å². The third-order valence-corrected chi connectivity index (χ3v) is 4.43. The van der Waals surface area contributed by atoms with Crippen LogP contribution in [0.25, 0.3) is 0 Å². The maximum absolute atomic E-state index is 12.9. The Bertz CT molecular complexity index is 920. The van der Waals surface area contributed by atoms with Gasteiger partial charge >= 0.3 is 0 Å². The number of aliphatic hydroxyl groups excluding tert-OH is 1. The zero-order valence-corrected chi connectivity index (χ0v) is 14.5. The van der Waals surface area contributed by atoms with Gasteiger partial charge < -0.3 is 9.84 Å². The van der Waals surface area contributed by atoms with Crippen molar-refractivity contribution in [2.75, 3.05) is 7.11 Å². The lowest BCUT2D eigenvalue weighted by Crippen LogP contribution is -2.28. The standard InChI is InChI=1S/C21H18O5/c1-12(22)19-17(11-18(23)13-7-9-14(26-2)10-8-13)20(24)15-5-3-4-6-16(15)21(19)25/h3-10,12,22H,11H2,1-2H3. The Hall–Kier alpha value is -3.05. The predicted octanol–water partition coefficient (Wildman–Crippen LogP) is 3.02. The Morgan fingerprint density at radius 2 is 1.58 bits per heavy atom. The number of hydrogen-bond donors (Lipinski definition) is 1. The third kappa shape index (κ3) is 3.09. The summed E-state index contributed by atoms with van der Waals surface area (Å²) in [5, 5.41) is 10.1. The van der Waals surface area contributed by atoms with E-state index in [9.17, 15) is 19.5 Å². The molecular formula is C21H18O5. The van der Waals surface area contributed by atoms with Gasteiger partial charge in [0.15, 0.2) is 17.3 Å². The van der Waals surface area contributed by atoms with Crippen LogP contribution < -0.4 is 4.74 Å². The van der Waals surface area contributed by atoms with Gasteiger partial charge in [-0.2, -0.15) is 0 Å². The predicted molar refractivity (Wildman–Crippen MR) is 95.8 cm³/mol. The van der Waals surface area contributed by atoms with Crippen molar-refractivity contribution in [2.24, 2.45) is 0 Å². The van der Waals surface area contributed by atoms with Gasteiger partial charge in [-0.25, -0.2) is 0 Å². The molecule has 0 saturated carbocycles. The van der Waals surface area contributed by atoms with Crippen molar-refractivity contribution in [1.82, 2.24) is 0 Å². The van der Waals surface area contributed by atoms with Crippen molar-refractivity contribution in [3.8, 4) is 5.75 Å². The molecule has 1 aliphatic carbocycles. The number of methoxy groups -OCH3 is 1. The number of hydrogen-bond acceptors (Lipinski definition) is 5. The molecule has 0 bridgehead atoms. The number of ketones is 3. The highest BCUT2D eigenvalue weighted by atomic mass is 16.5. The summed E-state index contributed by atoms with van der Waals surface area (Å²) in [6, 6.07) is 13.0. The van der Waals surface area contributed by atoms with E-state index in [-0.39, 0.29) is 34.5 Å². The monoisotopic (exact) mass is 350 g/mol. The van der Waals surface area contributed by atoms with Gasteiger partial charge in [0.2, 0.25) is 0 Å². The molecule has 0 spiro atoms. The van der Waals surface area contributed by atoms with Crippen LogP contribution in [0.1, 0.15) is 44.4 Å². The smallest absolute Gasteiger partial charge is 0.192 e. The first-order valence-corrected chi connectivity index (χ1v) is 8.20. The normalized spacial score (nSPS) is 14.9. The van der Waals surface area contributed by atoms with Crippen molar-refractivity contribution in [3.05, 3.63) is 76.4 Å². The summed E-state index contributed by atoms with van der Waals surface area (Å²) < 4.78 is 5.07. The summed E-state index contributed by atoms with van der Waals surface area (Å²) in [4.78, 5) is 38.2. The quantitative estimate of drug-likeness (QED) is 0.839. The van der Waals surface area contributed by atoms with Crippen LogP contribution in [0.2, 0.25) is 0 Å². The topological polar surface area (TPSA) is 80.7 Å². The van der Waals surface area contributed by atoms with Gasteiger partial charge in [0.05, 0.1) is 13.2 Å². The molecule has 26 heavy (non-hydrogen) atoms. The summed E-state index contributed by atoms with van der Waals surface area (Å²) in [6.45, 7) is 1.42. The van der Waals surface area contributed by atoms with E-state index in [4.69, 9.17) is 4.74 Å². The Labute approximate surface area is 150 Å². The number of allylic oxidation sites excluding steroid dienone is 1. The van der Waals surface area contributed by atoms with E-state index in [0.717, 1.165) is 0 Å². The van der Waals surface area contributed by atoms with E-state index < -0.39 is 17.7 Å². The van der Waals surface area contributed by atoms with Crippen LogP contribution in [-0.2, 0) is 0 Å². The number of Topliss-reactive ketones (excluding diaryl/α,β-unsaturated/α-hetero) is 3. The summed E-state index contributed by atoms with van der Waals surface area (Å²) >= 11 is 0. The molecule has 1 atom stereocenters. The summed E-state index contributed by atoms with van der Waals surface area (Å²) in [7, 11) is 1.53. The lowest BCUT2D eigenvalue weighted by Gasteiger charge is -2.22. The zero-order chi connectivity index (χ0) is 18.8. The zero-order valence-electron chi connectivity index (χ0n) is 14.5. The molecular weight excluding hydrogens is 332 g/mol. The number of carbonyl (C=O) groups is 3. The van der Waals surface area contributed by atoms with E-state index in [1.54, 1.807) is 48.5 Å². The minimum atomic E-state index is -1.14. The van der Waals surface area contributed by atoms with Crippen molar-refractivity contribution in [1.29, 1.82) is 0 Å². The molecule has 1 N–H and O–H groups in total. The second kappa shape index (κ2) is 7.06. The second-order valence-electron chi connectivity index (χ2n) is 6.10. The van der Waals surface area contributed by atoms with Crippen molar-refractivity contribution < 1.29 is 24.2 Å². The summed E-state index contributed by atoms with van der Waals surface area (Å²) in [5.41, 5.74) is 0.982. The number of aliphatic hydroxyl groups is 1. The van der Waals surface area contributed by atoms with Crippen LogP contribution in [-0.4, -0.2) is 35.7 Å². The van der Waals surface area contributed by atoms with Crippen LogP contribution in [0.5, 0.6) is 5.75 Å². The molecule has 132 valence electrons. The highest BCUT2D eigenvalue weighted by molar-refractivity contribution is 6.28. The van der Waals surface area contributed by atoms with Crippen LogP contribution in [0, 0.1) is 0 Å². The first kappa shape index (κ1) is 17.8. The minimum absolute atomic E-state index is 0.00411. The Morgan fingerprint density at radius 3 is 2.12 bits per heavy atom. The average molecular weight is 350 g/mol. The van der Waals surface area contributed by atoms with Crippen molar-refractivity contribution >= 4 is 17.3 Å². The number of fused-ring (bicyclic) bond motifs is 1. The van der Waals surface area contributed by atoms with Crippen LogP contribution in [0.4, 0.5) is 0 Å². The van der Waals surface area contributed by atoms with Crippen LogP contribution >= 0.6 is 0 Å². The Balaban J connectivity index is 2.00. The molecule has 0 aliphatic heterocycles. The van der Waals surface area contributed by atoms with Gasteiger partial charge in [-0.05, 0) is 31.2 Å². The molecule has 1 unspecified atom stereocenters. The van der Waals surface area contributed by atoms with E-state index in [1.807, 2.05) is 0 Å². The van der Waals surface area contributed by atoms with Gasteiger partial charge in [-0.15, -0.1) is 0 Å². The number of carbonyl (C=O) groups excluding carboxylic acids is 3. The lowest BCUT2D eigenvalue weighted by molar-refractivity contribution is 0.0923. The first-order valence-electron chi connectivity index (χ1n) is 8.20. The fourth-order valence-electron chi connectivity index (χ4n) is 3.10. The largest absolute Gasteiger partial charge is 0.497 e. The SMILES string of the molecule is COc1ccc(C(=O)CC2=C(C(C)O)C(=O)c3ccccc3C2=O)cc1. The van der Waals surface area contributed by atoms with E-state index in [0.29, 0.717) is 11.3 Å². The molecule has 2 aromatic carbocycles. The molecule has 0 amide bonds. The van der Waals surface area contributed by atoms with Crippen LogP contribution in [0.15, 0.2) is 59.7 Å². The number of rotatable bonds is 5. The second-order valence-corrected chi connectivity index (χ2v) is 6.10. The summed E-state index contributed by atoms with van der Waals surface area (Å²) in [5.74, 6) is -0.490. The van der Waals surface area contributed by atoms with Crippen LogP contribution in [0.3, 0.4) is 0 Å². The third-order valence-electron chi connectivity index (χ3n) is 4.43. The van der Waals surface area contributed by atoms with Gasteiger partial charge in [0, 0.05) is 34.3 Å². The van der Waals surface area contributed by atoms with Gasteiger partial charge in [-0.3, -0.25) is 14.4 Å². The van der Waals surface area contributed by atoms with Crippen molar-refractivity contribution in [2.45, 2.75) is 19.4 Å². The summed E-state index contributed by atoms with van der Waals surface area (Å²) in [6.07, 6.45) is -1.38. The molecule has 0 heterocycles. The van der Waals surface area contributed by atoms with Gasteiger partial charge in [0.25, 0.3) is 0 Å². The first-order chi connectivity index (χ1) is 12.4. The minimum Gasteiger partial charge on any atom is -0.497 e. The molecule has 1 aliphatic rings. The maximum Gasteiger partial charge on any atom is 0.192 e. The average Bonchev–Trinajstić information content (AvgIpc) is 2.65. The maximum atomic E-state index is 12.9. The number of ether oxygens (including phenoxy) is 1. The van der Waals surface area contributed by atoms with E-state index in [2.05, 4.69) is 0 Å². The molecule has 0 fully saturated rings. The molecule has 5 heteroatoms. The fraction of sp³-hybridized carbons (Fsp3) is 0.190.